The van der Waals surface area contributed by atoms with E-state index in [0.29, 0.717) is 22.2 Å². The Morgan fingerprint density at radius 2 is 1.88 bits per heavy atom. The zero-order valence-electron chi connectivity index (χ0n) is 13.8. The summed E-state index contributed by atoms with van der Waals surface area (Å²) < 4.78 is 0. The molecule has 3 nitrogen and oxygen atoms in total. The van der Waals surface area contributed by atoms with Gasteiger partial charge in [-0.25, -0.2) is 0 Å². The number of aryl methyl sites for hydroxylation is 1. The molecule has 0 aromatic heterocycles. The molecule has 130 valence electrons. The third kappa shape index (κ3) is 4.57. The molecule has 0 fully saturated rings. The molecule has 0 radical (unpaired) electrons. The van der Waals surface area contributed by atoms with Gasteiger partial charge < -0.3 is 5.32 Å². The van der Waals surface area contributed by atoms with E-state index < -0.39 is 0 Å². The largest absolute Gasteiger partial charge is 0.324 e. The van der Waals surface area contributed by atoms with E-state index in [0.717, 1.165) is 22.7 Å². The Hall–Kier alpha value is -1.49. The predicted octanol–water partition coefficient (Wildman–Crippen LogP) is 5.25. The maximum Gasteiger partial charge on any atom is 0.250 e. The van der Waals surface area contributed by atoms with Gasteiger partial charge >= 0.3 is 0 Å². The van der Waals surface area contributed by atoms with Crippen LogP contribution in [0.2, 0.25) is 10.0 Å². The number of amides is 1. The molecule has 6 heteroatoms. The van der Waals surface area contributed by atoms with Crippen molar-refractivity contribution >= 4 is 51.6 Å². The van der Waals surface area contributed by atoms with Crippen LogP contribution in [0.4, 0.5) is 5.69 Å². The van der Waals surface area contributed by atoms with Crippen molar-refractivity contribution in [3.05, 3.63) is 63.6 Å². The highest BCUT2D eigenvalue weighted by atomic mass is 35.5. The molecule has 1 unspecified atom stereocenters. The summed E-state index contributed by atoms with van der Waals surface area (Å²) in [6.45, 7) is 2.10. The van der Waals surface area contributed by atoms with Gasteiger partial charge in [0.25, 0.3) is 0 Å². The highest BCUT2D eigenvalue weighted by Gasteiger charge is 2.25. The van der Waals surface area contributed by atoms with Crippen molar-refractivity contribution in [2.45, 2.75) is 25.8 Å². The Morgan fingerprint density at radius 1 is 1.20 bits per heavy atom. The van der Waals surface area contributed by atoms with E-state index in [2.05, 4.69) is 17.2 Å². The van der Waals surface area contributed by atoms with Crippen molar-refractivity contribution < 1.29 is 4.79 Å². The highest BCUT2D eigenvalue weighted by molar-refractivity contribution is 8.14. The molecule has 0 saturated carbocycles. The number of nitrogens with zero attached hydrogens (tertiary/aromatic N) is 1. The van der Waals surface area contributed by atoms with Crippen molar-refractivity contribution in [3.8, 4) is 0 Å². The number of carbonyl (C=O) groups is 1. The molecule has 1 aliphatic heterocycles. The molecule has 1 aliphatic rings. The lowest BCUT2D eigenvalue weighted by atomic mass is 10.1. The lowest BCUT2D eigenvalue weighted by Crippen LogP contribution is -2.26. The molecule has 0 spiro atoms. The van der Waals surface area contributed by atoms with Gasteiger partial charge in [-0.2, -0.15) is 0 Å². The second-order valence-electron chi connectivity index (χ2n) is 5.77. The average Bonchev–Trinajstić information content (AvgIpc) is 3.08. The fourth-order valence-corrected chi connectivity index (χ4v) is 4.11. The Morgan fingerprint density at radius 3 is 2.52 bits per heavy atom. The van der Waals surface area contributed by atoms with E-state index in [1.165, 1.54) is 5.56 Å². The number of hydrogen-bond acceptors (Lipinski definition) is 3. The molecule has 25 heavy (non-hydrogen) atoms. The third-order valence-corrected chi connectivity index (χ3v) is 5.80. The zero-order valence-corrected chi connectivity index (χ0v) is 16.1. The van der Waals surface area contributed by atoms with Crippen LogP contribution in [0.25, 0.3) is 0 Å². The Kier molecular flexibility index (Phi) is 6.05. The maximum absolute atomic E-state index is 12.4. The fraction of sp³-hybridized carbons (Fsp3) is 0.263. The molecule has 0 aliphatic carbocycles. The Balaban J connectivity index is 1.65. The summed E-state index contributed by atoms with van der Waals surface area (Å²) in [6.07, 6.45) is 1.53. The molecule has 3 rings (SSSR count). The van der Waals surface area contributed by atoms with Crippen molar-refractivity contribution in [2.24, 2.45) is 4.99 Å². The van der Waals surface area contributed by atoms with E-state index in [9.17, 15) is 4.79 Å². The van der Waals surface area contributed by atoms with E-state index in [-0.39, 0.29) is 11.9 Å². The first-order valence-electron chi connectivity index (χ1n) is 8.09. The van der Waals surface area contributed by atoms with Crippen LogP contribution in [0.15, 0.2) is 47.5 Å². The van der Waals surface area contributed by atoms with Gasteiger partial charge in [0.05, 0.1) is 5.04 Å². The van der Waals surface area contributed by atoms with Crippen LogP contribution in [0, 0.1) is 0 Å². The maximum atomic E-state index is 12.4. The average molecular weight is 393 g/mol. The Labute approximate surface area is 161 Å². The number of hydrogen-bond donors (Lipinski definition) is 1. The first kappa shape index (κ1) is 18.3. The van der Waals surface area contributed by atoms with Gasteiger partial charge in [0.2, 0.25) is 5.91 Å². The summed E-state index contributed by atoms with van der Waals surface area (Å²) in [7, 11) is 0. The number of aliphatic imine (C=N–C) groups is 1. The summed E-state index contributed by atoms with van der Waals surface area (Å²) in [5.74, 6) is 0.549. The van der Waals surface area contributed by atoms with Crippen LogP contribution < -0.4 is 5.32 Å². The van der Waals surface area contributed by atoms with Gasteiger partial charge in [0.1, 0.15) is 6.04 Å². The lowest BCUT2D eigenvalue weighted by Gasteiger charge is -2.08. The standard InChI is InChI=1S/C19H18Cl2N2OS/c1-2-12-6-8-13(9-7-12)22-19(24)17-11-25-18(23-17)10-14-15(20)4-3-5-16(14)21/h3-9,17H,2,10-11H2,1H3,(H,22,24). The van der Waals surface area contributed by atoms with Gasteiger partial charge in [-0.15, -0.1) is 11.8 Å². The van der Waals surface area contributed by atoms with Crippen LogP contribution in [0.3, 0.4) is 0 Å². The first-order valence-corrected chi connectivity index (χ1v) is 9.83. The third-order valence-electron chi connectivity index (χ3n) is 4.03. The van der Waals surface area contributed by atoms with E-state index in [4.69, 9.17) is 23.2 Å². The molecule has 2 aromatic carbocycles. The minimum Gasteiger partial charge on any atom is -0.324 e. The van der Waals surface area contributed by atoms with Crippen LogP contribution >= 0.6 is 35.0 Å². The molecule has 0 bridgehead atoms. The number of halogens is 2. The van der Waals surface area contributed by atoms with Crippen LogP contribution in [0.5, 0.6) is 0 Å². The summed E-state index contributed by atoms with van der Waals surface area (Å²) >= 11 is 14.0. The first-order chi connectivity index (χ1) is 12.1. The number of nitrogens with one attached hydrogen (secondary N) is 1. The van der Waals surface area contributed by atoms with E-state index in [1.54, 1.807) is 11.8 Å². The van der Waals surface area contributed by atoms with Crippen LogP contribution in [-0.2, 0) is 17.6 Å². The van der Waals surface area contributed by atoms with Gasteiger partial charge in [-0.3, -0.25) is 9.79 Å². The SMILES string of the molecule is CCc1ccc(NC(=O)C2CSC(Cc3c(Cl)cccc3Cl)=N2)cc1. The van der Waals surface area contributed by atoms with Gasteiger partial charge in [0.15, 0.2) is 0 Å². The number of benzene rings is 2. The molecule has 2 aromatic rings. The lowest BCUT2D eigenvalue weighted by molar-refractivity contribution is -0.116. The number of rotatable bonds is 5. The zero-order chi connectivity index (χ0) is 17.8. The van der Waals surface area contributed by atoms with Crippen molar-refractivity contribution in [3.63, 3.8) is 0 Å². The van der Waals surface area contributed by atoms with Crippen molar-refractivity contribution in [1.29, 1.82) is 0 Å². The number of thioether (sulfide) groups is 1. The molecule has 1 amide bonds. The predicted molar refractivity (Wildman–Crippen MR) is 108 cm³/mol. The smallest absolute Gasteiger partial charge is 0.250 e. The number of anilines is 1. The van der Waals surface area contributed by atoms with Gasteiger partial charge in [-0.1, -0.05) is 48.3 Å². The minimum atomic E-state index is -0.382. The highest BCUT2D eigenvalue weighted by Crippen LogP contribution is 2.29. The van der Waals surface area contributed by atoms with E-state index in [1.807, 2.05) is 42.5 Å². The fourth-order valence-electron chi connectivity index (χ4n) is 2.56. The van der Waals surface area contributed by atoms with Crippen LogP contribution in [-0.4, -0.2) is 22.7 Å². The topological polar surface area (TPSA) is 41.5 Å². The van der Waals surface area contributed by atoms with Gasteiger partial charge in [-0.05, 0) is 41.8 Å². The quantitative estimate of drug-likeness (QED) is 0.754. The normalized spacial score (nSPS) is 16.6. The Bertz CT molecular complexity index is 785. The summed E-state index contributed by atoms with van der Waals surface area (Å²) in [5, 5.41) is 5.07. The second kappa shape index (κ2) is 8.26. The molecular formula is C19H18Cl2N2OS. The molecular weight excluding hydrogens is 375 g/mol. The summed E-state index contributed by atoms with van der Waals surface area (Å²) in [4.78, 5) is 17.0. The van der Waals surface area contributed by atoms with Crippen LogP contribution in [0.1, 0.15) is 18.1 Å². The minimum absolute atomic E-state index is 0.0861. The molecule has 1 N–H and O–H groups in total. The van der Waals surface area contributed by atoms with E-state index >= 15 is 0 Å². The van der Waals surface area contributed by atoms with Gasteiger partial charge in [0, 0.05) is 27.9 Å². The summed E-state index contributed by atoms with van der Waals surface area (Å²) in [5.41, 5.74) is 2.89. The second-order valence-corrected chi connectivity index (χ2v) is 7.67. The van der Waals surface area contributed by atoms with Crippen molar-refractivity contribution in [2.75, 3.05) is 11.1 Å². The monoisotopic (exact) mass is 392 g/mol. The summed E-state index contributed by atoms with van der Waals surface area (Å²) in [6, 6.07) is 12.9. The molecule has 1 heterocycles. The molecule has 1 atom stereocenters. The molecule has 0 saturated heterocycles. The number of carbonyl (C=O) groups excluding carboxylic acids is 1. The van der Waals surface area contributed by atoms with Crippen molar-refractivity contribution in [1.82, 2.24) is 0 Å².